The van der Waals surface area contributed by atoms with Crippen LogP contribution in [0.25, 0.3) is 0 Å². The predicted octanol–water partition coefficient (Wildman–Crippen LogP) is 0.384. The Balaban J connectivity index is 1.46. The minimum Gasteiger partial charge on any atom is -0.351 e. The van der Waals surface area contributed by atoms with Gasteiger partial charge < -0.3 is 16.0 Å². The average Bonchev–Trinajstić information content (AvgIpc) is 2.94. The van der Waals surface area contributed by atoms with Gasteiger partial charge in [0.1, 0.15) is 0 Å². The molecule has 0 aromatic heterocycles. The van der Waals surface area contributed by atoms with E-state index in [0.29, 0.717) is 16.6 Å². The summed E-state index contributed by atoms with van der Waals surface area (Å²) in [6, 6.07) is 5.53. The standard InChI is InChI=1S/C16H21Cl2N3OS/c17-12-2-1-11(13(18)9-12)3-6-20-15(22)14-10-23-16(21-14)4-7-19-8-5-16/h1-2,9,14,19,21H,3-8,10H2,(H,20,22)/p+2/t14-/m1/s1. The normalized spacial score (nSPS) is 23.1. The number of hydrogen-bond acceptors (Lipinski definition) is 2. The molecule has 7 heteroatoms. The molecule has 0 unspecified atom stereocenters. The second kappa shape index (κ2) is 7.62. The number of amides is 1. The topological polar surface area (TPSA) is 62.3 Å². The molecular formula is C16H23Cl2N3OS+2. The lowest BCUT2D eigenvalue weighted by Gasteiger charge is -2.28. The van der Waals surface area contributed by atoms with Crippen molar-refractivity contribution >= 4 is 40.9 Å². The molecule has 2 heterocycles. The molecule has 1 aromatic rings. The Morgan fingerprint density at radius 3 is 2.87 bits per heavy atom. The van der Waals surface area contributed by atoms with Gasteiger partial charge in [0.15, 0.2) is 10.9 Å². The molecule has 0 radical (unpaired) electrons. The zero-order valence-corrected chi connectivity index (χ0v) is 15.3. The zero-order chi connectivity index (χ0) is 16.3. The molecule has 1 atom stereocenters. The monoisotopic (exact) mass is 375 g/mol. The number of rotatable bonds is 4. The third kappa shape index (κ3) is 4.34. The van der Waals surface area contributed by atoms with Gasteiger partial charge in [-0.15, -0.1) is 0 Å². The van der Waals surface area contributed by atoms with Crippen LogP contribution in [0.2, 0.25) is 10.0 Å². The van der Waals surface area contributed by atoms with Crippen LogP contribution in [0.1, 0.15) is 18.4 Å². The Kier molecular flexibility index (Phi) is 5.75. The van der Waals surface area contributed by atoms with Crippen LogP contribution in [0.15, 0.2) is 18.2 Å². The highest BCUT2D eigenvalue weighted by Crippen LogP contribution is 2.30. The van der Waals surface area contributed by atoms with Crippen LogP contribution in [-0.2, 0) is 11.2 Å². The summed E-state index contributed by atoms with van der Waals surface area (Å²) in [5.41, 5.74) is 1.01. The lowest BCUT2D eigenvalue weighted by atomic mass is 10.0. The summed E-state index contributed by atoms with van der Waals surface area (Å²) in [5, 5.41) is 9.01. The third-order valence-electron chi connectivity index (χ3n) is 4.64. The fourth-order valence-electron chi connectivity index (χ4n) is 3.32. The van der Waals surface area contributed by atoms with Gasteiger partial charge in [0, 0.05) is 16.6 Å². The molecule has 1 spiro atoms. The first-order chi connectivity index (χ1) is 11.1. The molecule has 2 saturated heterocycles. The molecule has 3 rings (SSSR count). The summed E-state index contributed by atoms with van der Waals surface area (Å²) in [6.45, 7) is 2.95. The summed E-state index contributed by atoms with van der Waals surface area (Å²) < 4.78 is 0. The predicted molar refractivity (Wildman–Crippen MR) is 95.0 cm³/mol. The number of hydrogen-bond donors (Lipinski definition) is 3. The summed E-state index contributed by atoms with van der Waals surface area (Å²) in [7, 11) is 0. The molecule has 0 aliphatic carbocycles. The lowest BCUT2D eigenvalue weighted by molar-refractivity contribution is -0.747. The first kappa shape index (κ1) is 17.4. The number of nitrogens with one attached hydrogen (secondary N) is 1. The zero-order valence-electron chi connectivity index (χ0n) is 13.0. The fraction of sp³-hybridized carbons (Fsp3) is 0.562. The molecule has 5 N–H and O–H groups in total. The Morgan fingerprint density at radius 1 is 1.35 bits per heavy atom. The van der Waals surface area contributed by atoms with Crippen LogP contribution < -0.4 is 16.0 Å². The third-order valence-corrected chi connectivity index (χ3v) is 6.88. The Morgan fingerprint density at radius 2 is 2.13 bits per heavy atom. The lowest BCUT2D eigenvalue weighted by Crippen LogP contribution is -3.03. The van der Waals surface area contributed by atoms with Gasteiger partial charge in [-0.1, -0.05) is 41.0 Å². The molecule has 0 saturated carbocycles. The van der Waals surface area contributed by atoms with Gasteiger partial charge in [0.05, 0.1) is 31.7 Å². The summed E-state index contributed by atoms with van der Waals surface area (Å²) in [6.07, 6.45) is 3.09. The van der Waals surface area contributed by atoms with Crippen LogP contribution in [-0.4, -0.2) is 42.2 Å². The quantitative estimate of drug-likeness (QED) is 0.712. The van der Waals surface area contributed by atoms with Crippen molar-refractivity contribution < 1.29 is 15.4 Å². The number of halogens is 2. The average molecular weight is 376 g/mol. The van der Waals surface area contributed by atoms with Crippen molar-refractivity contribution in [2.75, 3.05) is 25.4 Å². The minimum atomic E-state index is 0.0405. The number of thioether (sulfide) groups is 1. The Labute approximate surface area is 151 Å². The van der Waals surface area contributed by atoms with E-state index >= 15 is 0 Å². The van der Waals surface area contributed by atoms with Gasteiger partial charge in [-0.25, -0.2) is 0 Å². The van der Waals surface area contributed by atoms with E-state index in [9.17, 15) is 4.79 Å². The maximum absolute atomic E-state index is 12.4. The number of carbonyl (C=O) groups is 1. The van der Waals surface area contributed by atoms with Gasteiger partial charge in [-0.2, -0.15) is 0 Å². The van der Waals surface area contributed by atoms with Gasteiger partial charge in [0.25, 0.3) is 5.91 Å². The molecule has 23 heavy (non-hydrogen) atoms. The van der Waals surface area contributed by atoms with Gasteiger partial charge in [-0.05, 0) is 24.1 Å². The summed E-state index contributed by atoms with van der Waals surface area (Å²) in [4.78, 5) is 12.6. The van der Waals surface area contributed by atoms with Crippen molar-refractivity contribution in [1.82, 2.24) is 5.32 Å². The van der Waals surface area contributed by atoms with Crippen LogP contribution in [0.5, 0.6) is 0 Å². The van der Waals surface area contributed by atoms with Crippen LogP contribution >= 0.6 is 35.0 Å². The van der Waals surface area contributed by atoms with Crippen LogP contribution in [0.4, 0.5) is 0 Å². The second-order valence-corrected chi connectivity index (χ2v) is 8.57. The largest absolute Gasteiger partial charge is 0.351 e. The molecule has 2 fully saturated rings. The fourth-order valence-corrected chi connectivity index (χ4v) is 5.37. The van der Waals surface area contributed by atoms with Crippen LogP contribution in [0, 0.1) is 0 Å². The van der Waals surface area contributed by atoms with E-state index in [0.717, 1.165) is 17.7 Å². The number of benzene rings is 1. The molecule has 4 nitrogen and oxygen atoms in total. The van der Waals surface area contributed by atoms with E-state index < -0.39 is 0 Å². The van der Waals surface area contributed by atoms with Gasteiger partial charge in [-0.3, -0.25) is 4.79 Å². The highest BCUT2D eigenvalue weighted by atomic mass is 35.5. The highest BCUT2D eigenvalue weighted by Gasteiger charge is 2.48. The van der Waals surface area contributed by atoms with Crippen molar-refractivity contribution in [2.45, 2.75) is 30.2 Å². The SMILES string of the molecule is O=C(NCCc1ccc(Cl)cc1Cl)[C@H]1CSC2(CC[NH2+]CC2)[NH2+]1. The molecule has 0 bridgehead atoms. The molecular weight excluding hydrogens is 353 g/mol. The van der Waals surface area contributed by atoms with E-state index in [1.165, 1.54) is 25.9 Å². The second-order valence-electron chi connectivity index (χ2n) is 6.29. The highest BCUT2D eigenvalue weighted by molar-refractivity contribution is 8.00. The number of carbonyl (C=O) groups excluding carboxylic acids is 1. The van der Waals surface area contributed by atoms with Crippen molar-refractivity contribution in [2.24, 2.45) is 0 Å². The van der Waals surface area contributed by atoms with E-state index in [4.69, 9.17) is 23.2 Å². The van der Waals surface area contributed by atoms with E-state index in [1.807, 2.05) is 23.9 Å². The molecule has 1 amide bonds. The van der Waals surface area contributed by atoms with Crippen molar-refractivity contribution in [1.29, 1.82) is 0 Å². The molecule has 2 aliphatic heterocycles. The molecule has 2 aliphatic rings. The summed E-state index contributed by atoms with van der Waals surface area (Å²) in [5.74, 6) is 1.06. The Hall–Kier alpha value is -0.460. The van der Waals surface area contributed by atoms with Crippen molar-refractivity contribution in [3.63, 3.8) is 0 Å². The van der Waals surface area contributed by atoms with Gasteiger partial charge >= 0.3 is 0 Å². The van der Waals surface area contributed by atoms with Crippen molar-refractivity contribution in [3.8, 4) is 0 Å². The van der Waals surface area contributed by atoms with Crippen LogP contribution in [0.3, 0.4) is 0 Å². The summed E-state index contributed by atoms with van der Waals surface area (Å²) >= 11 is 14.0. The van der Waals surface area contributed by atoms with Gasteiger partial charge in [0.2, 0.25) is 0 Å². The van der Waals surface area contributed by atoms with E-state index in [2.05, 4.69) is 16.0 Å². The number of piperidine rings is 1. The minimum absolute atomic E-state index is 0.0405. The van der Waals surface area contributed by atoms with E-state index in [1.54, 1.807) is 6.07 Å². The van der Waals surface area contributed by atoms with Crippen molar-refractivity contribution in [3.05, 3.63) is 33.8 Å². The Bertz CT molecular complexity index is 578. The number of quaternary nitrogens is 2. The number of nitrogens with two attached hydrogens (primary N) is 2. The first-order valence-electron chi connectivity index (χ1n) is 8.11. The first-order valence-corrected chi connectivity index (χ1v) is 9.85. The molecule has 126 valence electrons. The smallest absolute Gasteiger partial charge is 0.279 e. The van der Waals surface area contributed by atoms with E-state index in [-0.39, 0.29) is 16.8 Å². The molecule has 1 aromatic carbocycles. The maximum Gasteiger partial charge on any atom is 0.279 e. The maximum atomic E-state index is 12.4.